The predicted octanol–water partition coefficient (Wildman–Crippen LogP) is 2.73. The first kappa shape index (κ1) is 16.3. The molecule has 1 N–H and O–H groups in total. The molecule has 0 saturated carbocycles. The molecule has 1 aliphatic rings. The molecule has 1 aromatic carbocycles. The second kappa shape index (κ2) is 6.37. The number of carboxylic acid groups (broad SMARTS) is 1. The van der Waals surface area contributed by atoms with E-state index >= 15 is 0 Å². The minimum absolute atomic E-state index is 0.107. The summed E-state index contributed by atoms with van der Waals surface area (Å²) in [5, 5.41) is 8.81. The second-order valence-corrected chi connectivity index (χ2v) is 5.44. The molecule has 120 valence electrons. The highest BCUT2D eigenvalue weighted by molar-refractivity contribution is 5.87. The van der Waals surface area contributed by atoms with Crippen LogP contribution in [0.25, 0.3) is 0 Å². The molecule has 0 radical (unpaired) electrons. The van der Waals surface area contributed by atoms with Crippen LogP contribution in [0.2, 0.25) is 0 Å². The van der Waals surface area contributed by atoms with Crippen molar-refractivity contribution in [3.05, 3.63) is 35.4 Å². The summed E-state index contributed by atoms with van der Waals surface area (Å²) in [5.74, 6) is -2.56. The summed E-state index contributed by atoms with van der Waals surface area (Å²) >= 11 is 0. The Labute approximate surface area is 125 Å². The lowest BCUT2D eigenvalue weighted by atomic mass is 9.90. The molecule has 2 rings (SSSR count). The van der Waals surface area contributed by atoms with Crippen LogP contribution < -0.4 is 0 Å². The summed E-state index contributed by atoms with van der Waals surface area (Å²) in [5.41, 5.74) is 1.15. The highest BCUT2D eigenvalue weighted by atomic mass is 19.4. The molecule has 1 saturated heterocycles. The first-order valence-electron chi connectivity index (χ1n) is 6.95. The number of amides is 1. The van der Waals surface area contributed by atoms with Gasteiger partial charge in [-0.25, -0.2) is 4.79 Å². The number of halogens is 3. The van der Waals surface area contributed by atoms with Crippen LogP contribution >= 0.6 is 0 Å². The third kappa shape index (κ3) is 3.99. The molecule has 1 aromatic rings. The van der Waals surface area contributed by atoms with E-state index in [9.17, 15) is 22.8 Å². The molecule has 0 spiro atoms. The zero-order chi connectivity index (χ0) is 16.3. The number of carbonyl (C=O) groups is 2. The summed E-state index contributed by atoms with van der Waals surface area (Å²) in [6, 6.07) is 6.47. The quantitative estimate of drug-likeness (QED) is 0.933. The maximum Gasteiger partial charge on any atom is 0.471 e. The molecule has 1 heterocycles. The molecule has 1 aliphatic heterocycles. The third-order valence-electron chi connectivity index (χ3n) is 3.87. The number of hydrogen-bond donors (Lipinski definition) is 1. The van der Waals surface area contributed by atoms with Gasteiger partial charge in [0.05, 0.1) is 5.56 Å². The Hall–Kier alpha value is -2.05. The molecule has 1 fully saturated rings. The van der Waals surface area contributed by atoms with Crippen LogP contribution in [0.15, 0.2) is 24.3 Å². The van der Waals surface area contributed by atoms with Crippen molar-refractivity contribution in [3.8, 4) is 0 Å². The van der Waals surface area contributed by atoms with Gasteiger partial charge in [0.15, 0.2) is 0 Å². The van der Waals surface area contributed by atoms with Crippen LogP contribution in [0.5, 0.6) is 0 Å². The van der Waals surface area contributed by atoms with Crippen molar-refractivity contribution in [2.75, 3.05) is 13.1 Å². The molecule has 0 unspecified atom stereocenters. The van der Waals surface area contributed by atoms with Crippen molar-refractivity contribution in [2.24, 2.45) is 5.92 Å². The fraction of sp³-hybridized carbons (Fsp3) is 0.467. The molecule has 0 aliphatic carbocycles. The number of piperidine rings is 1. The summed E-state index contributed by atoms with van der Waals surface area (Å²) < 4.78 is 37.0. The minimum Gasteiger partial charge on any atom is -0.478 e. The van der Waals surface area contributed by atoms with Gasteiger partial charge in [-0.3, -0.25) is 4.79 Å². The van der Waals surface area contributed by atoms with Crippen molar-refractivity contribution < 1.29 is 27.9 Å². The van der Waals surface area contributed by atoms with Gasteiger partial charge in [0, 0.05) is 13.1 Å². The molecule has 0 atom stereocenters. The topological polar surface area (TPSA) is 57.6 Å². The first-order valence-corrected chi connectivity index (χ1v) is 6.95. The number of aromatic carboxylic acids is 1. The van der Waals surface area contributed by atoms with E-state index in [-0.39, 0.29) is 24.6 Å². The molecule has 1 amide bonds. The molecule has 7 heteroatoms. The molecule has 0 bridgehead atoms. The van der Waals surface area contributed by atoms with Gasteiger partial charge in [-0.15, -0.1) is 0 Å². The lowest BCUT2D eigenvalue weighted by Gasteiger charge is -2.32. The fourth-order valence-electron chi connectivity index (χ4n) is 2.64. The maximum atomic E-state index is 12.3. The van der Waals surface area contributed by atoms with Gasteiger partial charge in [-0.05, 0) is 42.9 Å². The van der Waals surface area contributed by atoms with E-state index in [1.165, 1.54) is 12.1 Å². The smallest absolute Gasteiger partial charge is 0.471 e. The summed E-state index contributed by atoms with van der Waals surface area (Å²) in [7, 11) is 0. The lowest BCUT2D eigenvalue weighted by Crippen LogP contribution is -2.45. The number of nitrogens with zero attached hydrogens (tertiary/aromatic N) is 1. The van der Waals surface area contributed by atoms with E-state index in [2.05, 4.69) is 0 Å². The van der Waals surface area contributed by atoms with Crippen LogP contribution in [0, 0.1) is 5.92 Å². The standard InChI is InChI=1S/C15H16F3NO3/c16-15(17,18)14(22)19-7-5-11(6-8-19)9-10-1-3-12(4-2-10)13(20)21/h1-4,11H,5-9H2,(H,20,21). The van der Waals surface area contributed by atoms with E-state index in [4.69, 9.17) is 5.11 Å². The Balaban J connectivity index is 1.87. The second-order valence-electron chi connectivity index (χ2n) is 5.44. The average molecular weight is 315 g/mol. The number of likely N-dealkylation sites (tertiary alicyclic amines) is 1. The van der Waals surface area contributed by atoms with Gasteiger partial charge in [0.2, 0.25) is 0 Å². The average Bonchev–Trinajstić information content (AvgIpc) is 2.47. The Morgan fingerprint density at radius 3 is 2.14 bits per heavy atom. The summed E-state index contributed by atoms with van der Waals surface area (Å²) in [4.78, 5) is 22.7. The molecular formula is C15H16F3NO3. The van der Waals surface area contributed by atoms with Crippen LogP contribution in [-0.4, -0.2) is 41.1 Å². The lowest BCUT2D eigenvalue weighted by molar-refractivity contribution is -0.186. The number of carbonyl (C=O) groups excluding carboxylic acids is 1. The summed E-state index contributed by atoms with van der Waals surface area (Å²) in [6.45, 7) is 0.215. The van der Waals surface area contributed by atoms with Crippen LogP contribution in [-0.2, 0) is 11.2 Å². The Bertz CT molecular complexity index is 546. The van der Waals surface area contributed by atoms with Crippen molar-refractivity contribution >= 4 is 11.9 Å². The van der Waals surface area contributed by atoms with E-state index in [0.717, 1.165) is 10.5 Å². The number of hydrogen-bond acceptors (Lipinski definition) is 2. The molecule has 0 aromatic heterocycles. The van der Waals surface area contributed by atoms with Crippen LogP contribution in [0.1, 0.15) is 28.8 Å². The van der Waals surface area contributed by atoms with Gasteiger partial charge in [0.1, 0.15) is 0 Å². The van der Waals surface area contributed by atoms with Gasteiger partial charge >= 0.3 is 18.1 Å². The number of benzene rings is 1. The highest BCUT2D eigenvalue weighted by Crippen LogP contribution is 2.26. The Morgan fingerprint density at radius 2 is 1.68 bits per heavy atom. The molecule has 22 heavy (non-hydrogen) atoms. The van der Waals surface area contributed by atoms with E-state index in [0.29, 0.717) is 19.3 Å². The molecule has 4 nitrogen and oxygen atoms in total. The van der Waals surface area contributed by atoms with Crippen molar-refractivity contribution in [3.63, 3.8) is 0 Å². The largest absolute Gasteiger partial charge is 0.478 e. The van der Waals surface area contributed by atoms with Gasteiger partial charge in [-0.1, -0.05) is 12.1 Å². The fourth-order valence-corrected chi connectivity index (χ4v) is 2.64. The highest BCUT2D eigenvalue weighted by Gasteiger charge is 2.43. The Morgan fingerprint density at radius 1 is 1.14 bits per heavy atom. The third-order valence-corrected chi connectivity index (χ3v) is 3.87. The first-order chi connectivity index (χ1) is 10.3. The SMILES string of the molecule is O=C(O)c1ccc(CC2CCN(C(=O)C(F)(F)F)CC2)cc1. The van der Waals surface area contributed by atoms with Crippen LogP contribution in [0.3, 0.4) is 0 Å². The summed E-state index contributed by atoms with van der Waals surface area (Å²) in [6.07, 6.45) is -3.10. The van der Waals surface area contributed by atoms with Crippen molar-refractivity contribution in [1.82, 2.24) is 4.90 Å². The van der Waals surface area contributed by atoms with Gasteiger partial charge in [-0.2, -0.15) is 13.2 Å². The van der Waals surface area contributed by atoms with E-state index in [1.54, 1.807) is 12.1 Å². The van der Waals surface area contributed by atoms with E-state index < -0.39 is 18.1 Å². The minimum atomic E-state index is -4.81. The van der Waals surface area contributed by atoms with E-state index in [1.807, 2.05) is 0 Å². The van der Waals surface area contributed by atoms with Gasteiger partial charge in [0.25, 0.3) is 0 Å². The van der Waals surface area contributed by atoms with Gasteiger partial charge < -0.3 is 10.0 Å². The van der Waals surface area contributed by atoms with Crippen LogP contribution in [0.4, 0.5) is 13.2 Å². The maximum absolute atomic E-state index is 12.3. The normalized spacial score (nSPS) is 16.6. The predicted molar refractivity (Wildman–Crippen MR) is 72.5 cm³/mol. The van der Waals surface area contributed by atoms with Crippen molar-refractivity contribution in [2.45, 2.75) is 25.4 Å². The number of rotatable bonds is 3. The zero-order valence-corrected chi connectivity index (χ0v) is 11.8. The number of carboxylic acids is 1. The number of alkyl halides is 3. The molecular weight excluding hydrogens is 299 g/mol. The zero-order valence-electron chi connectivity index (χ0n) is 11.8. The Kier molecular flexibility index (Phi) is 4.73. The monoisotopic (exact) mass is 315 g/mol. The van der Waals surface area contributed by atoms with Crippen molar-refractivity contribution in [1.29, 1.82) is 0 Å².